The molecule has 0 fully saturated rings. The van der Waals surface area contributed by atoms with Crippen molar-refractivity contribution in [3.05, 3.63) is 57.0 Å². The third kappa shape index (κ3) is 2.50. The van der Waals surface area contributed by atoms with Gasteiger partial charge >= 0.3 is 0 Å². The van der Waals surface area contributed by atoms with Gasteiger partial charge in [0.05, 0.1) is 5.69 Å². The molecule has 0 amide bonds. The molecule has 0 radical (unpaired) electrons. The molecule has 0 saturated heterocycles. The third-order valence-electron chi connectivity index (χ3n) is 4.47. The smallest absolute Gasteiger partial charge is 0.277 e. The number of rotatable bonds is 3. The Morgan fingerprint density at radius 1 is 1.22 bits per heavy atom. The first-order valence-electron chi connectivity index (χ1n) is 8.01. The molecule has 118 valence electrons. The highest BCUT2D eigenvalue weighted by atomic mass is 16.1. The molecule has 2 aromatic heterocycles. The van der Waals surface area contributed by atoms with Crippen LogP contribution in [0.1, 0.15) is 35.2 Å². The number of hydrogen-bond donors (Lipinski definition) is 2. The summed E-state index contributed by atoms with van der Waals surface area (Å²) in [5.41, 5.74) is 4.16. The zero-order valence-electron chi connectivity index (χ0n) is 13.1. The molecule has 0 atom stereocenters. The van der Waals surface area contributed by atoms with Crippen molar-refractivity contribution in [2.75, 3.05) is 5.32 Å². The molecule has 3 aromatic rings. The van der Waals surface area contributed by atoms with E-state index in [1.807, 2.05) is 12.1 Å². The van der Waals surface area contributed by atoms with Crippen LogP contribution in [0.2, 0.25) is 0 Å². The highest BCUT2D eigenvalue weighted by Crippen LogP contribution is 2.17. The molecule has 0 unspecified atom stereocenters. The Morgan fingerprint density at radius 3 is 2.91 bits per heavy atom. The van der Waals surface area contributed by atoms with Crippen LogP contribution in [0, 0.1) is 6.92 Å². The van der Waals surface area contributed by atoms with E-state index in [0.717, 1.165) is 36.9 Å². The summed E-state index contributed by atoms with van der Waals surface area (Å²) in [6.07, 6.45) is 3.84. The van der Waals surface area contributed by atoms with Crippen LogP contribution in [-0.2, 0) is 19.4 Å². The second-order valence-corrected chi connectivity index (χ2v) is 6.04. The number of anilines is 1. The van der Waals surface area contributed by atoms with Crippen molar-refractivity contribution in [2.24, 2.45) is 0 Å². The normalized spacial score (nSPS) is 14.0. The lowest BCUT2D eigenvalue weighted by Gasteiger charge is -2.12. The number of aromatic nitrogens is 4. The van der Waals surface area contributed by atoms with E-state index in [-0.39, 0.29) is 5.56 Å². The fourth-order valence-electron chi connectivity index (χ4n) is 3.11. The van der Waals surface area contributed by atoms with Crippen molar-refractivity contribution in [1.82, 2.24) is 19.6 Å². The maximum Gasteiger partial charge on any atom is 0.277 e. The molecule has 2 heterocycles. The standard InChI is InChI=1S/C17H19N5O/c1-11-6-2-3-7-12(11)10-18-16-20-17-19-14-9-5-4-8-13(14)15(23)22(17)21-16/h2-3,6-7H,4-5,8-10H2,1H3,(H2,18,19,20,21). The minimum atomic E-state index is -0.0128. The molecular formula is C17H19N5O. The first-order valence-corrected chi connectivity index (χ1v) is 8.01. The van der Waals surface area contributed by atoms with Gasteiger partial charge in [-0.05, 0) is 43.7 Å². The summed E-state index contributed by atoms with van der Waals surface area (Å²) >= 11 is 0. The lowest BCUT2D eigenvalue weighted by Crippen LogP contribution is -2.25. The number of aryl methyl sites for hydroxylation is 2. The molecule has 1 aliphatic rings. The number of nitrogens with one attached hydrogen (secondary N) is 2. The monoisotopic (exact) mass is 309 g/mol. The zero-order chi connectivity index (χ0) is 15.8. The summed E-state index contributed by atoms with van der Waals surface area (Å²) in [5.74, 6) is 1.02. The van der Waals surface area contributed by atoms with Crippen LogP contribution in [0.4, 0.5) is 5.95 Å². The fraction of sp³-hybridized carbons (Fsp3) is 0.353. The van der Waals surface area contributed by atoms with Crippen LogP contribution in [0.5, 0.6) is 0 Å². The van der Waals surface area contributed by atoms with Gasteiger partial charge in [-0.1, -0.05) is 24.3 Å². The summed E-state index contributed by atoms with van der Waals surface area (Å²) < 4.78 is 1.45. The van der Waals surface area contributed by atoms with E-state index in [9.17, 15) is 4.79 Å². The topological polar surface area (TPSA) is 75.1 Å². The van der Waals surface area contributed by atoms with E-state index in [0.29, 0.717) is 18.3 Å². The maximum absolute atomic E-state index is 12.5. The quantitative estimate of drug-likeness (QED) is 0.778. The van der Waals surface area contributed by atoms with E-state index < -0.39 is 0 Å². The molecule has 23 heavy (non-hydrogen) atoms. The van der Waals surface area contributed by atoms with Crippen LogP contribution in [0.25, 0.3) is 5.78 Å². The van der Waals surface area contributed by atoms with E-state index in [1.165, 1.54) is 15.6 Å². The van der Waals surface area contributed by atoms with Gasteiger partial charge in [0.25, 0.3) is 11.3 Å². The number of aromatic amines is 1. The summed E-state index contributed by atoms with van der Waals surface area (Å²) in [5, 5.41) is 6.27. The molecule has 0 saturated carbocycles. The second-order valence-electron chi connectivity index (χ2n) is 6.04. The van der Waals surface area contributed by atoms with Crippen LogP contribution < -0.4 is 10.9 Å². The zero-order valence-corrected chi connectivity index (χ0v) is 13.1. The third-order valence-corrected chi connectivity index (χ3v) is 4.47. The fourth-order valence-corrected chi connectivity index (χ4v) is 3.11. The van der Waals surface area contributed by atoms with Gasteiger partial charge in [-0.25, -0.2) is 4.98 Å². The molecule has 6 heteroatoms. The lowest BCUT2D eigenvalue weighted by molar-refractivity contribution is 0.650. The van der Waals surface area contributed by atoms with Crippen LogP contribution in [-0.4, -0.2) is 19.6 Å². The molecular weight excluding hydrogens is 290 g/mol. The molecule has 0 bridgehead atoms. The summed E-state index contributed by atoms with van der Waals surface area (Å²) in [7, 11) is 0. The highest BCUT2D eigenvalue weighted by molar-refractivity contribution is 5.40. The van der Waals surface area contributed by atoms with Crippen molar-refractivity contribution in [3.63, 3.8) is 0 Å². The molecule has 0 aliphatic heterocycles. The van der Waals surface area contributed by atoms with E-state index in [2.05, 4.69) is 39.4 Å². The van der Waals surface area contributed by atoms with Crippen molar-refractivity contribution < 1.29 is 0 Å². The van der Waals surface area contributed by atoms with Crippen molar-refractivity contribution in [3.8, 4) is 0 Å². The molecule has 2 N–H and O–H groups in total. The first-order chi connectivity index (χ1) is 11.2. The predicted octanol–water partition coefficient (Wildman–Crippen LogP) is 2.22. The Bertz CT molecular complexity index is 924. The Kier molecular flexibility index (Phi) is 3.37. The number of nitrogens with zero attached hydrogens (tertiary/aromatic N) is 3. The second kappa shape index (κ2) is 5.53. The van der Waals surface area contributed by atoms with Gasteiger partial charge in [0.1, 0.15) is 0 Å². The number of H-pyrrole nitrogens is 1. The van der Waals surface area contributed by atoms with Gasteiger partial charge < -0.3 is 5.32 Å². The number of hydrogen-bond acceptors (Lipinski definition) is 4. The van der Waals surface area contributed by atoms with Gasteiger partial charge in [-0.15, -0.1) is 0 Å². The number of benzene rings is 1. The van der Waals surface area contributed by atoms with Crippen molar-refractivity contribution in [2.45, 2.75) is 39.2 Å². The van der Waals surface area contributed by atoms with E-state index in [1.54, 1.807) is 0 Å². The largest absolute Gasteiger partial charge is 0.351 e. The van der Waals surface area contributed by atoms with Crippen LogP contribution >= 0.6 is 0 Å². The van der Waals surface area contributed by atoms with Gasteiger partial charge in [0.2, 0.25) is 5.95 Å². The molecule has 1 aromatic carbocycles. The summed E-state index contributed by atoms with van der Waals surface area (Å²) in [6, 6.07) is 8.20. The summed E-state index contributed by atoms with van der Waals surface area (Å²) in [6.45, 7) is 2.73. The Hall–Kier alpha value is -2.63. The maximum atomic E-state index is 12.5. The minimum absolute atomic E-state index is 0.0128. The SMILES string of the molecule is Cc1ccccc1CNc1nc2nc3c(c(=O)n2[nH]1)CCCC3. The van der Waals surface area contributed by atoms with Crippen molar-refractivity contribution in [1.29, 1.82) is 0 Å². The van der Waals surface area contributed by atoms with Gasteiger partial charge in [-0.3, -0.25) is 9.89 Å². The van der Waals surface area contributed by atoms with Crippen LogP contribution in [0.15, 0.2) is 29.1 Å². The van der Waals surface area contributed by atoms with Gasteiger partial charge in [-0.2, -0.15) is 9.50 Å². The van der Waals surface area contributed by atoms with Crippen LogP contribution in [0.3, 0.4) is 0 Å². The minimum Gasteiger partial charge on any atom is -0.351 e. The summed E-state index contributed by atoms with van der Waals surface area (Å²) in [4.78, 5) is 21.5. The average molecular weight is 309 g/mol. The first kappa shape index (κ1) is 14.0. The predicted molar refractivity (Wildman–Crippen MR) is 88.8 cm³/mol. The molecule has 6 nitrogen and oxygen atoms in total. The average Bonchev–Trinajstić information content (AvgIpc) is 2.98. The Labute approximate surface area is 133 Å². The van der Waals surface area contributed by atoms with Crippen molar-refractivity contribution >= 4 is 11.7 Å². The highest BCUT2D eigenvalue weighted by Gasteiger charge is 2.18. The Morgan fingerprint density at radius 2 is 2.04 bits per heavy atom. The van der Waals surface area contributed by atoms with Gasteiger partial charge in [0, 0.05) is 12.1 Å². The Balaban J connectivity index is 1.65. The van der Waals surface area contributed by atoms with E-state index in [4.69, 9.17) is 0 Å². The number of fused-ring (bicyclic) bond motifs is 2. The lowest BCUT2D eigenvalue weighted by atomic mass is 9.97. The molecule has 0 spiro atoms. The molecule has 1 aliphatic carbocycles. The van der Waals surface area contributed by atoms with Gasteiger partial charge in [0.15, 0.2) is 0 Å². The van der Waals surface area contributed by atoms with E-state index >= 15 is 0 Å². The molecule has 4 rings (SSSR count).